The van der Waals surface area contributed by atoms with Crippen LogP contribution in [0, 0.1) is 11.3 Å². The maximum atomic E-state index is 11.7. The highest BCUT2D eigenvalue weighted by molar-refractivity contribution is 5.82. The van der Waals surface area contributed by atoms with Crippen molar-refractivity contribution in [3.05, 3.63) is 0 Å². The molecule has 14 heavy (non-hydrogen) atoms. The van der Waals surface area contributed by atoms with Gasteiger partial charge in [0.1, 0.15) is 11.0 Å². The number of hydrogen-bond donors (Lipinski definition) is 1. The molecule has 1 heterocycles. The zero-order valence-electron chi connectivity index (χ0n) is 8.58. The van der Waals surface area contributed by atoms with Gasteiger partial charge in [0.05, 0.1) is 19.8 Å². The van der Waals surface area contributed by atoms with Gasteiger partial charge in [0.2, 0.25) is 0 Å². The fraction of sp³-hybridized carbons (Fsp3) is 0.900. The van der Waals surface area contributed by atoms with Gasteiger partial charge in [-0.25, -0.2) is 0 Å². The topological polar surface area (TPSA) is 55.8 Å². The average molecular weight is 200 g/mol. The predicted octanol–water partition coefficient (Wildman–Crippen LogP) is 0.337. The van der Waals surface area contributed by atoms with Gasteiger partial charge in [-0.2, -0.15) is 0 Å². The lowest BCUT2D eigenvalue weighted by Crippen LogP contribution is -2.60. The van der Waals surface area contributed by atoms with Gasteiger partial charge in [-0.1, -0.05) is 6.92 Å². The van der Waals surface area contributed by atoms with Gasteiger partial charge in [0.15, 0.2) is 0 Å². The Bertz CT molecular complexity index is 259. The molecule has 1 saturated carbocycles. The molecule has 1 saturated heterocycles. The van der Waals surface area contributed by atoms with Crippen LogP contribution in [0.3, 0.4) is 0 Å². The van der Waals surface area contributed by atoms with Gasteiger partial charge in [0.25, 0.3) is 0 Å². The summed E-state index contributed by atoms with van der Waals surface area (Å²) in [5.41, 5.74) is -1.65. The summed E-state index contributed by atoms with van der Waals surface area (Å²) >= 11 is 0. The third kappa shape index (κ3) is 1.04. The van der Waals surface area contributed by atoms with Crippen LogP contribution in [-0.2, 0) is 14.3 Å². The van der Waals surface area contributed by atoms with E-state index in [0.717, 1.165) is 0 Å². The SMILES string of the molecule is CCOC(=O)C1(C2(O)COC2)CC1C. The molecule has 80 valence electrons. The Morgan fingerprint density at radius 1 is 1.64 bits per heavy atom. The first-order valence-corrected chi connectivity index (χ1v) is 5.04. The van der Waals surface area contributed by atoms with E-state index in [1.54, 1.807) is 6.92 Å². The third-order valence-corrected chi connectivity index (χ3v) is 3.46. The van der Waals surface area contributed by atoms with Crippen LogP contribution in [0.2, 0.25) is 0 Å². The smallest absolute Gasteiger partial charge is 0.315 e. The monoisotopic (exact) mass is 200 g/mol. The number of aliphatic hydroxyl groups is 1. The van der Waals surface area contributed by atoms with Crippen LogP contribution in [0.4, 0.5) is 0 Å². The summed E-state index contributed by atoms with van der Waals surface area (Å²) in [7, 11) is 0. The van der Waals surface area contributed by atoms with Crippen LogP contribution in [0.5, 0.6) is 0 Å². The highest BCUT2D eigenvalue weighted by Crippen LogP contribution is 2.62. The Morgan fingerprint density at radius 3 is 2.50 bits per heavy atom. The lowest BCUT2D eigenvalue weighted by atomic mass is 9.80. The first kappa shape index (κ1) is 9.93. The van der Waals surface area contributed by atoms with E-state index in [0.29, 0.717) is 13.0 Å². The van der Waals surface area contributed by atoms with Crippen molar-refractivity contribution in [2.75, 3.05) is 19.8 Å². The summed E-state index contributed by atoms with van der Waals surface area (Å²) in [6, 6.07) is 0. The summed E-state index contributed by atoms with van der Waals surface area (Å²) in [5.74, 6) is -0.0613. The molecule has 4 heteroatoms. The Labute approximate surface area is 83.2 Å². The van der Waals surface area contributed by atoms with Gasteiger partial charge < -0.3 is 14.6 Å². The van der Waals surface area contributed by atoms with Crippen molar-refractivity contribution < 1.29 is 19.4 Å². The van der Waals surface area contributed by atoms with Gasteiger partial charge in [0, 0.05) is 0 Å². The van der Waals surface area contributed by atoms with E-state index in [2.05, 4.69) is 0 Å². The molecule has 0 radical (unpaired) electrons. The van der Waals surface area contributed by atoms with Crippen LogP contribution in [0.25, 0.3) is 0 Å². The molecule has 2 unspecified atom stereocenters. The van der Waals surface area contributed by atoms with E-state index in [1.165, 1.54) is 0 Å². The first-order valence-electron chi connectivity index (χ1n) is 5.04. The van der Waals surface area contributed by atoms with Crippen molar-refractivity contribution in [1.29, 1.82) is 0 Å². The minimum Gasteiger partial charge on any atom is -0.465 e. The summed E-state index contributed by atoms with van der Waals surface area (Å²) < 4.78 is 9.99. The van der Waals surface area contributed by atoms with Gasteiger partial charge in [-0.15, -0.1) is 0 Å². The number of hydrogen-bond acceptors (Lipinski definition) is 4. The molecule has 1 aliphatic heterocycles. The molecule has 0 aromatic carbocycles. The molecule has 0 aromatic rings. The van der Waals surface area contributed by atoms with Gasteiger partial charge in [-0.05, 0) is 19.3 Å². The second-order valence-electron chi connectivity index (χ2n) is 4.32. The fourth-order valence-corrected chi connectivity index (χ4v) is 2.36. The molecule has 2 aliphatic rings. The van der Waals surface area contributed by atoms with E-state index in [9.17, 15) is 9.90 Å². The van der Waals surface area contributed by atoms with Crippen molar-refractivity contribution in [3.63, 3.8) is 0 Å². The second-order valence-corrected chi connectivity index (χ2v) is 4.32. The van der Waals surface area contributed by atoms with Crippen LogP contribution >= 0.6 is 0 Å². The number of carbonyl (C=O) groups excluding carboxylic acids is 1. The molecule has 4 nitrogen and oxygen atoms in total. The van der Waals surface area contributed by atoms with Crippen molar-refractivity contribution in [2.45, 2.75) is 25.9 Å². The highest BCUT2D eigenvalue weighted by Gasteiger charge is 2.72. The van der Waals surface area contributed by atoms with Crippen molar-refractivity contribution in [3.8, 4) is 0 Å². The standard InChI is InChI=1S/C10H16O4/c1-3-14-8(11)10(4-7(10)2)9(12)5-13-6-9/h7,12H,3-6H2,1-2H3. The molecule has 2 rings (SSSR count). The summed E-state index contributed by atoms with van der Waals surface area (Å²) in [4.78, 5) is 11.7. The third-order valence-electron chi connectivity index (χ3n) is 3.46. The average Bonchev–Trinajstić information content (AvgIpc) is 2.75. The fourth-order valence-electron chi connectivity index (χ4n) is 2.36. The van der Waals surface area contributed by atoms with Crippen LogP contribution < -0.4 is 0 Å². The Morgan fingerprint density at radius 2 is 2.21 bits per heavy atom. The van der Waals surface area contributed by atoms with E-state index < -0.39 is 11.0 Å². The molecule has 0 amide bonds. The summed E-state index contributed by atoms with van der Waals surface area (Å²) in [6.45, 7) is 4.63. The Kier molecular flexibility index (Phi) is 2.08. The van der Waals surface area contributed by atoms with Crippen LogP contribution in [-0.4, -0.2) is 36.5 Å². The summed E-state index contributed by atoms with van der Waals surface area (Å²) in [6.07, 6.45) is 0.714. The number of ether oxygens (including phenoxy) is 2. The quantitative estimate of drug-likeness (QED) is 0.667. The predicted molar refractivity (Wildman–Crippen MR) is 48.6 cm³/mol. The normalized spacial score (nSPS) is 38.6. The van der Waals surface area contributed by atoms with E-state index >= 15 is 0 Å². The minimum absolute atomic E-state index is 0.204. The number of esters is 1. The largest absolute Gasteiger partial charge is 0.465 e. The first-order chi connectivity index (χ1) is 6.57. The minimum atomic E-state index is -0.974. The van der Waals surface area contributed by atoms with E-state index in [4.69, 9.17) is 9.47 Å². The molecule has 2 fully saturated rings. The highest BCUT2D eigenvalue weighted by atomic mass is 16.6. The molecular formula is C10H16O4. The zero-order valence-corrected chi connectivity index (χ0v) is 8.58. The van der Waals surface area contributed by atoms with Gasteiger partial charge >= 0.3 is 5.97 Å². The molecule has 2 atom stereocenters. The second kappa shape index (κ2) is 2.94. The van der Waals surface area contributed by atoms with Crippen molar-refractivity contribution >= 4 is 5.97 Å². The van der Waals surface area contributed by atoms with E-state index in [1.807, 2.05) is 6.92 Å². The molecule has 0 spiro atoms. The Hall–Kier alpha value is -0.610. The molecular weight excluding hydrogens is 184 g/mol. The number of rotatable bonds is 3. The zero-order chi connectivity index (χ0) is 10.4. The lowest BCUT2D eigenvalue weighted by molar-refractivity contribution is -0.226. The lowest BCUT2D eigenvalue weighted by Gasteiger charge is -2.42. The molecule has 0 aromatic heterocycles. The summed E-state index contributed by atoms with van der Waals surface area (Å²) in [5, 5.41) is 10.1. The molecule has 1 aliphatic carbocycles. The molecule has 1 N–H and O–H groups in total. The Balaban J connectivity index is 2.15. The van der Waals surface area contributed by atoms with E-state index in [-0.39, 0.29) is 25.1 Å². The maximum absolute atomic E-state index is 11.7. The number of carbonyl (C=O) groups is 1. The molecule has 0 bridgehead atoms. The van der Waals surface area contributed by atoms with Crippen molar-refractivity contribution in [2.24, 2.45) is 11.3 Å². The van der Waals surface area contributed by atoms with Gasteiger partial charge in [-0.3, -0.25) is 4.79 Å². The van der Waals surface area contributed by atoms with Crippen molar-refractivity contribution in [1.82, 2.24) is 0 Å². The van der Waals surface area contributed by atoms with Crippen LogP contribution in [0.1, 0.15) is 20.3 Å². The van der Waals surface area contributed by atoms with Crippen LogP contribution in [0.15, 0.2) is 0 Å². The maximum Gasteiger partial charge on any atom is 0.315 e.